The van der Waals surface area contributed by atoms with E-state index in [0.29, 0.717) is 18.7 Å². The number of nitrogens with one attached hydrogen (secondary N) is 1. The summed E-state index contributed by atoms with van der Waals surface area (Å²) in [6, 6.07) is 3.93. The number of fused-ring (bicyclic) bond motifs is 2. The number of hydrogen-bond donors (Lipinski definition) is 1. The maximum Gasteiger partial charge on any atom is 0.280 e. The van der Waals surface area contributed by atoms with Crippen LogP contribution in [0.4, 0.5) is 10.2 Å². The van der Waals surface area contributed by atoms with Crippen molar-refractivity contribution < 1.29 is 22.4 Å². The Morgan fingerprint density at radius 1 is 1.27 bits per heavy atom. The summed E-state index contributed by atoms with van der Waals surface area (Å²) in [6.07, 6.45) is 2.65. The van der Waals surface area contributed by atoms with E-state index in [0.717, 1.165) is 18.5 Å². The maximum absolute atomic E-state index is 13.4. The molecule has 2 aliphatic heterocycles. The monoisotopic (exact) mass is 531 g/mol. The fraction of sp³-hybridized carbons (Fsp3) is 0.435. The molecular formula is C23H26FN7O5S. The molecule has 3 aromatic rings. The summed E-state index contributed by atoms with van der Waals surface area (Å²) < 4.78 is 41.1. The number of hydrogen-bond acceptors (Lipinski definition) is 7. The Bertz CT molecular complexity index is 1580. The summed E-state index contributed by atoms with van der Waals surface area (Å²) in [5, 5.41) is 7.07. The Morgan fingerprint density at radius 2 is 2.03 bits per heavy atom. The van der Waals surface area contributed by atoms with E-state index in [1.54, 1.807) is 11.0 Å². The number of halogens is 1. The molecule has 37 heavy (non-hydrogen) atoms. The van der Waals surface area contributed by atoms with E-state index in [4.69, 9.17) is 0 Å². The van der Waals surface area contributed by atoms with E-state index in [-0.39, 0.29) is 60.2 Å². The lowest BCUT2D eigenvalue weighted by atomic mass is 10.1. The van der Waals surface area contributed by atoms with Crippen LogP contribution in [0.15, 0.2) is 29.2 Å². The molecule has 0 spiro atoms. The maximum atomic E-state index is 13.4. The molecule has 5 heterocycles. The fourth-order valence-corrected chi connectivity index (χ4v) is 5.71. The van der Waals surface area contributed by atoms with Crippen molar-refractivity contribution in [1.29, 1.82) is 0 Å². The Kier molecular flexibility index (Phi) is 6.10. The minimum Gasteiger partial charge on any atom is -0.330 e. The van der Waals surface area contributed by atoms with Crippen molar-refractivity contribution in [3.05, 3.63) is 57.5 Å². The van der Waals surface area contributed by atoms with Gasteiger partial charge >= 0.3 is 0 Å². The second-order valence-electron chi connectivity index (χ2n) is 9.60. The van der Waals surface area contributed by atoms with Crippen LogP contribution in [-0.2, 0) is 27.9 Å². The summed E-state index contributed by atoms with van der Waals surface area (Å²) >= 11 is 0. The third-order valence-corrected chi connectivity index (χ3v) is 8.01. The van der Waals surface area contributed by atoms with Crippen molar-refractivity contribution in [3.63, 3.8) is 0 Å². The Balaban J connectivity index is 1.57. The van der Waals surface area contributed by atoms with Gasteiger partial charge in [0.05, 0.1) is 30.3 Å². The van der Waals surface area contributed by atoms with Crippen molar-refractivity contribution >= 4 is 33.3 Å². The number of anilines is 1. The van der Waals surface area contributed by atoms with Crippen molar-refractivity contribution in [3.8, 4) is 0 Å². The first-order valence-corrected chi connectivity index (χ1v) is 13.6. The number of pyridine rings is 1. The van der Waals surface area contributed by atoms with E-state index in [2.05, 4.69) is 15.4 Å². The van der Waals surface area contributed by atoms with E-state index in [1.165, 1.54) is 19.5 Å². The van der Waals surface area contributed by atoms with Gasteiger partial charge in [0.2, 0.25) is 15.9 Å². The minimum absolute atomic E-state index is 0.0855. The zero-order valence-electron chi connectivity index (χ0n) is 20.5. The molecule has 12 nitrogen and oxygen atoms in total. The second kappa shape index (κ2) is 9.03. The summed E-state index contributed by atoms with van der Waals surface area (Å²) in [6.45, 7) is 4.00. The molecule has 0 bridgehead atoms. The van der Waals surface area contributed by atoms with Gasteiger partial charge in [0.15, 0.2) is 0 Å². The highest BCUT2D eigenvalue weighted by atomic mass is 32.2. The highest BCUT2D eigenvalue weighted by Gasteiger charge is 2.37. The number of aromatic nitrogens is 4. The van der Waals surface area contributed by atoms with E-state index in [9.17, 15) is 27.2 Å². The van der Waals surface area contributed by atoms with Crippen molar-refractivity contribution in [2.24, 2.45) is 0 Å². The number of sulfonamides is 1. The predicted molar refractivity (Wildman–Crippen MR) is 131 cm³/mol. The third-order valence-electron chi connectivity index (χ3n) is 6.74. The standard InChI is InChI=1S/C23H26FN7O5S/c1-13(2)29-11-16-21(23(29)34)30(12-19(32)26-18-5-4-15(24)9-25-18)20-8-17(27-31(20)22(16)33)14-6-7-28(10-14)37(3,35)36/h4-5,8-9,13-14H,6-7,10-12H2,1-3H3,(H,25,26,32)/t14-/m1/s1. The Morgan fingerprint density at radius 3 is 2.65 bits per heavy atom. The van der Waals surface area contributed by atoms with Crippen LogP contribution in [0.5, 0.6) is 0 Å². The average Bonchev–Trinajstić information content (AvgIpc) is 3.55. The second-order valence-corrected chi connectivity index (χ2v) is 11.6. The summed E-state index contributed by atoms with van der Waals surface area (Å²) in [4.78, 5) is 45.1. The lowest BCUT2D eigenvalue weighted by Gasteiger charge is -2.20. The molecule has 1 fully saturated rings. The molecule has 0 aliphatic carbocycles. The number of rotatable bonds is 6. The largest absolute Gasteiger partial charge is 0.330 e. The molecule has 3 aromatic heterocycles. The SMILES string of the molecule is CC(C)N1Cc2c(n(CC(=O)Nc3ccc(F)cn3)c3cc([C@@H]4CCN(S(C)(=O)=O)C4)nn3c2=O)C1=O. The molecule has 0 saturated carbocycles. The molecule has 14 heteroatoms. The van der Waals surface area contributed by atoms with E-state index < -0.39 is 27.3 Å². The van der Waals surface area contributed by atoms with Gasteiger partial charge in [0.25, 0.3) is 11.5 Å². The number of amides is 2. The highest BCUT2D eigenvalue weighted by molar-refractivity contribution is 7.88. The minimum atomic E-state index is -3.37. The van der Waals surface area contributed by atoms with Gasteiger partial charge in [-0.15, -0.1) is 0 Å². The molecule has 1 atom stereocenters. The lowest BCUT2D eigenvalue weighted by Crippen LogP contribution is -2.32. The molecule has 2 amide bonds. The first-order valence-electron chi connectivity index (χ1n) is 11.8. The van der Waals surface area contributed by atoms with Crippen LogP contribution in [0.1, 0.15) is 47.9 Å². The highest BCUT2D eigenvalue weighted by Crippen LogP contribution is 2.30. The zero-order valence-corrected chi connectivity index (χ0v) is 21.3. The number of carbonyl (C=O) groups is 2. The number of nitrogens with zero attached hydrogens (tertiary/aromatic N) is 6. The molecule has 0 unspecified atom stereocenters. The molecule has 196 valence electrons. The van der Waals surface area contributed by atoms with Crippen LogP contribution < -0.4 is 10.9 Å². The quantitative estimate of drug-likeness (QED) is 0.496. The van der Waals surface area contributed by atoms with Crippen LogP contribution in [0, 0.1) is 5.82 Å². The van der Waals surface area contributed by atoms with Gasteiger partial charge in [0, 0.05) is 31.1 Å². The Hall–Kier alpha value is -3.65. The lowest BCUT2D eigenvalue weighted by molar-refractivity contribution is -0.116. The predicted octanol–water partition coefficient (Wildman–Crippen LogP) is 0.782. The van der Waals surface area contributed by atoms with Gasteiger partial charge in [-0.25, -0.2) is 22.1 Å². The van der Waals surface area contributed by atoms with Gasteiger partial charge in [-0.05, 0) is 32.4 Å². The molecule has 0 aromatic carbocycles. The van der Waals surface area contributed by atoms with Crippen molar-refractivity contribution in [1.82, 2.24) is 28.4 Å². The van der Waals surface area contributed by atoms with E-state index >= 15 is 0 Å². The van der Waals surface area contributed by atoms with Crippen LogP contribution in [0.25, 0.3) is 5.65 Å². The van der Waals surface area contributed by atoms with Crippen LogP contribution in [-0.4, -0.2) is 74.0 Å². The van der Waals surface area contributed by atoms with Crippen molar-refractivity contribution in [2.75, 3.05) is 24.7 Å². The first-order chi connectivity index (χ1) is 17.4. The Labute approximate surface area is 211 Å². The van der Waals surface area contributed by atoms with Gasteiger partial charge in [-0.3, -0.25) is 14.4 Å². The fourth-order valence-electron chi connectivity index (χ4n) is 4.83. The van der Waals surface area contributed by atoms with Gasteiger partial charge in [-0.1, -0.05) is 0 Å². The summed E-state index contributed by atoms with van der Waals surface area (Å²) in [7, 11) is -3.37. The molecule has 1 N–H and O–H groups in total. The van der Waals surface area contributed by atoms with Crippen LogP contribution >= 0.6 is 0 Å². The molecular weight excluding hydrogens is 505 g/mol. The van der Waals surface area contributed by atoms with Crippen LogP contribution in [0.3, 0.4) is 0 Å². The normalized spacial score (nSPS) is 18.2. The van der Waals surface area contributed by atoms with E-state index in [1.807, 2.05) is 13.8 Å². The summed E-state index contributed by atoms with van der Waals surface area (Å²) in [5.74, 6) is -1.56. The zero-order chi connectivity index (χ0) is 26.6. The summed E-state index contributed by atoms with van der Waals surface area (Å²) in [5.41, 5.74) is 0.650. The van der Waals surface area contributed by atoms with Gasteiger partial charge in [0.1, 0.15) is 29.5 Å². The molecule has 1 saturated heterocycles. The van der Waals surface area contributed by atoms with Gasteiger partial charge in [-0.2, -0.15) is 9.61 Å². The smallest absolute Gasteiger partial charge is 0.280 e. The molecule has 2 aliphatic rings. The van der Waals surface area contributed by atoms with Crippen molar-refractivity contribution in [2.45, 2.75) is 45.3 Å². The molecule has 0 radical (unpaired) electrons. The number of carbonyl (C=O) groups excluding carboxylic acids is 2. The topological polar surface area (TPSA) is 139 Å². The first kappa shape index (κ1) is 25.0. The molecule has 5 rings (SSSR count). The average molecular weight is 532 g/mol. The van der Waals surface area contributed by atoms with Gasteiger partial charge < -0.3 is 14.8 Å². The third kappa shape index (κ3) is 4.50. The van der Waals surface area contributed by atoms with Crippen LogP contribution in [0.2, 0.25) is 0 Å².